The number of rotatable bonds is 4. The van der Waals surface area contributed by atoms with E-state index in [0.29, 0.717) is 13.2 Å². The summed E-state index contributed by atoms with van der Waals surface area (Å²) in [6, 6.07) is 0. The molecule has 3 fully saturated rings. The molecule has 0 aromatic heterocycles. The number of esters is 2. The second-order valence-electron chi connectivity index (χ2n) is 10.3. The van der Waals surface area contributed by atoms with E-state index in [1.165, 1.54) is 17.6 Å². The Labute approximate surface area is 186 Å². The van der Waals surface area contributed by atoms with Crippen molar-refractivity contribution in [3.05, 3.63) is 11.1 Å². The molecule has 31 heavy (non-hydrogen) atoms. The maximum absolute atomic E-state index is 13.8. The highest BCUT2D eigenvalue weighted by molar-refractivity contribution is 7.72. The zero-order chi connectivity index (χ0) is 22.6. The van der Waals surface area contributed by atoms with Crippen molar-refractivity contribution in [1.29, 1.82) is 0 Å². The molecule has 6 bridgehead atoms. The Hall–Kier alpha value is -1.42. The third-order valence-electron chi connectivity index (χ3n) is 10.1. The minimum Gasteiger partial charge on any atom is -0.465 e. The van der Waals surface area contributed by atoms with Gasteiger partial charge in [-0.05, 0) is 47.0 Å². The van der Waals surface area contributed by atoms with Crippen molar-refractivity contribution in [1.82, 2.24) is 4.90 Å². The number of allylic oxidation sites excluding steroid dienone is 2. The lowest BCUT2D eigenvalue weighted by molar-refractivity contribution is -0.155. The molecule has 0 radical (unpaired) electrons. The van der Waals surface area contributed by atoms with Crippen LogP contribution in [-0.4, -0.2) is 59.3 Å². The van der Waals surface area contributed by atoms with Crippen LogP contribution >= 0.6 is 8.07 Å². The fraction of sp³-hybridized carbons (Fsp3) is 0.792. The summed E-state index contributed by atoms with van der Waals surface area (Å²) in [6.45, 7) is 17.3. The average Bonchev–Trinajstić information content (AvgIpc) is 3.36. The molecule has 6 aliphatic rings. The Bertz CT molecular complexity index is 899. The van der Waals surface area contributed by atoms with Crippen LogP contribution in [0.25, 0.3) is 0 Å². The van der Waals surface area contributed by atoms with Crippen molar-refractivity contribution in [3.8, 4) is 0 Å². The van der Waals surface area contributed by atoms with Crippen molar-refractivity contribution in [3.63, 3.8) is 0 Å². The average molecular weight is 447 g/mol. The SMILES string of the molecule is CCOC(=O)C12P3N=C(N4CCCCC4)C4(C)C1(C)C(C)=C(C)C4(C)C32C(=O)OCC. The van der Waals surface area contributed by atoms with Crippen LogP contribution in [0.5, 0.6) is 0 Å². The van der Waals surface area contributed by atoms with Gasteiger partial charge in [-0.3, -0.25) is 9.59 Å². The highest BCUT2D eigenvalue weighted by Crippen LogP contribution is 3.07. The molecule has 4 atom stereocenters. The van der Waals surface area contributed by atoms with Gasteiger partial charge in [-0.15, -0.1) is 0 Å². The largest absolute Gasteiger partial charge is 0.465 e. The summed E-state index contributed by atoms with van der Waals surface area (Å²) in [5.41, 5.74) is 0.984. The summed E-state index contributed by atoms with van der Waals surface area (Å²) < 4.78 is 16.7. The first-order chi connectivity index (χ1) is 14.6. The summed E-state index contributed by atoms with van der Waals surface area (Å²) >= 11 is 0. The standard InChI is InChI=1S/C24H35N2O4P/c1-8-29-18(27)23-20(5)15(3)16(4)21(6)22(20,7)17(26-13-11-10-12-14-26)25-31(23)24(21,23)19(28)30-9-2/h8-14H2,1-7H3. The maximum atomic E-state index is 13.8. The Balaban J connectivity index is 1.82. The van der Waals surface area contributed by atoms with Crippen LogP contribution in [0.15, 0.2) is 15.9 Å². The highest BCUT2D eigenvalue weighted by Gasteiger charge is 3.09. The first-order valence-electron chi connectivity index (χ1n) is 11.8. The molecule has 0 amide bonds. The first kappa shape index (κ1) is 21.4. The minimum atomic E-state index is -1.30. The van der Waals surface area contributed by atoms with Crippen LogP contribution in [0.1, 0.15) is 67.7 Å². The number of nitrogens with zero attached hydrogens (tertiary/aromatic N) is 2. The summed E-state index contributed by atoms with van der Waals surface area (Å²) in [7, 11) is -1.30. The predicted octanol–water partition coefficient (Wildman–Crippen LogP) is 4.28. The minimum absolute atomic E-state index is 0.250. The van der Waals surface area contributed by atoms with E-state index < -0.39 is 34.6 Å². The number of carbonyl (C=O) groups excluding carboxylic acids is 2. The van der Waals surface area contributed by atoms with Gasteiger partial charge in [0.1, 0.15) is 16.1 Å². The third kappa shape index (κ3) is 1.68. The molecule has 1 saturated carbocycles. The molecule has 7 heteroatoms. The number of hydrogen-bond donors (Lipinski definition) is 0. The van der Waals surface area contributed by atoms with Crippen LogP contribution in [-0.2, 0) is 19.1 Å². The van der Waals surface area contributed by atoms with E-state index in [1.54, 1.807) is 0 Å². The van der Waals surface area contributed by atoms with Crippen molar-refractivity contribution in [2.75, 3.05) is 26.3 Å². The van der Waals surface area contributed by atoms with Crippen molar-refractivity contribution in [2.24, 2.45) is 21.0 Å². The molecule has 4 heterocycles. The van der Waals surface area contributed by atoms with E-state index >= 15 is 0 Å². The van der Waals surface area contributed by atoms with Crippen LogP contribution < -0.4 is 0 Å². The molecule has 0 spiro atoms. The van der Waals surface area contributed by atoms with Gasteiger partial charge >= 0.3 is 11.9 Å². The van der Waals surface area contributed by atoms with E-state index in [0.717, 1.165) is 31.8 Å². The van der Waals surface area contributed by atoms with Crippen molar-refractivity contribution < 1.29 is 19.1 Å². The zero-order valence-corrected chi connectivity index (χ0v) is 20.8. The molecule has 170 valence electrons. The highest BCUT2D eigenvalue weighted by atomic mass is 31.1. The van der Waals surface area contributed by atoms with E-state index in [1.807, 2.05) is 13.8 Å². The molecule has 0 aromatic carbocycles. The molecule has 4 aliphatic heterocycles. The number of carbonyl (C=O) groups is 2. The monoisotopic (exact) mass is 446 g/mol. The van der Waals surface area contributed by atoms with Gasteiger partial charge in [0.05, 0.1) is 21.3 Å². The topological polar surface area (TPSA) is 68.2 Å². The van der Waals surface area contributed by atoms with Gasteiger partial charge in [0, 0.05) is 29.3 Å². The van der Waals surface area contributed by atoms with Gasteiger partial charge in [0.2, 0.25) is 0 Å². The van der Waals surface area contributed by atoms with Gasteiger partial charge in [0.15, 0.2) is 0 Å². The summed E-state index contributed by atoms with van der Waals surface area (Å²) in [4.78, 5) is 30.1. The van der Waals surface area contributed by atoms with E-state index in [9.17, 15) is 9.59 Å². The Morgan fingerprint density at radius 1 is 0.871 bits per heavy atom. The van der Waals surface area contributed by atoms with Gasteiger partial charge < -0.3 is 14.4 Å². The smallest absolute Gasteiger partial charge is 0.320 e. The zero-order valence-electron chi connectivity index (χ0n) is 19.9. The second-order valence-corrected chi connectivity index (χ2v) is 12.4. The fourth-order valence-electron chi connectivity index (χ4n) is 8.38. The number of piperidine rings is 1. The number of hydrogen-bond acceptors (Lipinski definition) is 6. The Morgan fingerprint density at radius 2 is 1.32 bits per heavy atom. The molecule has 0 aromatic rings. The van der Waals surface area contributed by atoms with Gasteiger partial charge in [-0.25, -0.2) is 4.76 Å². The van der Waals surface area contributed by atoms with Crippen LogP contribution in [0.2, 0.25) is 0 Å². The van der Waals surface area contributed by atoms with E-state index in [-0.39, 0.29) is 11.9 Å². The molecular formula is C24H35N2O4P. The maximum Gasteiger partial charge on any atom is 0.320 e. The molecule has 2 aliphatic carbocycles. The lowest BCUT2D eigenvalue weighted by atomic mass is 9.58. The Morgan fingerprint density at radius 3 is 1.74 bits per heavy atom. The lowest BCUT2D eigenvalue weighted by Gasteiger charge is -2.55. The summed E-state index contributed by atoms with van der Waals surface area (Å²) in [5, 5.41) is -1.85. The number of likely N-dealkylation sites (tertiary alicyclic amines) is 1. The quantitative estimate of drug-likeness (QED) is 0.366. The van der Waals surface area contributed by atoms with Gasteiger partial charge in [-0.2, -0.15) is 0 Å². The predicted molar refractivity (Wildman–Crippen MR) is 121 cm³/mol. The molecular weight excluding hydrogens is 411 g/mol. The van der Waals surface area contributed by atoms with Crippen LogP contribution in [0.4, 0.5) is 0 Å². The molecule has 6 nitrogen and oxygen atoms in total. The van der Waals surface area contributed by atoms with Crippen LogP contribution in [0.3, 0.4) is 0 Å². The fourth-order valence-corrected chi connectivity index (χ4v) is 12.8. The summed E-state index contributed by atoms with van der Waals surface area (Å²) in [6.07, 6.45) is 3.58. The third-order valence-corrected chi connectivity index (χ3v) is 13.4. The van der Waals surface area contributed by atoms with Crippen LogP contribution in [0, 0.1) is 16.2 Å². The molecule has 0 N–H and O–H groups in total. The molecule has 4 unspecified atom stereocenters. The first-order valence-corrected chi connectivity index (χ1v) is 13.1. The number of amidine groups is 1. The molecule has 6 rings (SSSR count). The second kappa shape index (κ2) is 6.12. The van der Waals surface area contributed by atoms with Crippen molar-refractivity contribution in [2.45, 2.75) is 78.0 Å². The molecule has 2 saturated heterocycles. The summed E-state index contributed by atoms with van der Waals surface area (Å²) in [5.74, 6) is 0.622. The lowest BCUT2D eigenvalue weighted by Crippen LogP contribution is -2.60. The number of ether oxygens (including phenoxy) is 2. The van der Waals surface area contributed by atoms with Gasteiger partial charge in [0.25, 0.3) is 0 Å². The Kier molecular flexibility index (Phi) is 4.23. The van der Waals surface area contributed by atoms with Crippen molar-refractivity contribution >= 4 is 25.8 Å². The van der Waals surface area contributed by atoms with E-state index in [4.69, 9.17) is 14.2 Å². The normalized spacial score (nSPS) is 46.7. The van der Waals surface area contributed by atoms with E-state index in [2.05, 4.69) is 39.5 Å². The van der Waals surface area contributed by atoms with Gasteiger partial charge in [-0.1, -0.05) is 31.9 Å².